The van der Waals surface area contributed by atoms with E-state index in [0.717, 1.165) is 29.1 Å². The molecule has 0 spiro atoms. The van der Waals surface area contributed by atoms with E-state index in [2.05, 4.69) is 10.1 Å². The molecule has 130 valence electrons. The molecule has 1 atom stereocenters. The standard InChI is InChI=1S/C18H20N4O2S/c1-2-21-11-15(10-20-21)18-17(14-6-4-3-5-7-14)19-13-22(18)16-8-9-25(23,24)12-16/h3-7,10-11,13,16H,2,8-9,12H2,1H3/t16-/m1/s1. The van der Waals surface area contributed by atoms with Crippen LogP contribution in [-0.4, -0.2) is 39.3 Å². The van der Waals surface area contributed by atoms with Gasteiger partial charge in [0.25, 0.3) is 0 Å². The van der Waals surface area contributed by atoms with Gasteiger partial charge in [0.1, 0.15) is 0 Å². The summed E-state index contributed by atoms with van der Waals surface area (Å²) in [7, 11) is -2.97. The summed E-state index contributed by atoms with van der Waals surface area (Å²) in [6.45, 7) is 2.82. The van der Waals surface area contributed by atoms with Crippen molar-refractivity contribution in [2.45, 2.75) is 25.9 Å². The summed E-state index contributed by atoms with van der Waals surface area (Å²) in [5.74, 6) is 0.413. The molecule has 1 saturated heterocycles. The van der Waals surface area contributed by atoms with Gasteiger partial charge in [-0.2, -0.15) is 5.10 Å². The second-order valence-electron chi connectivity index (χ2n) is 6.36. The van der Waals surface area contributed by atoms with Gasteiger partial charge < -0.3 is 4.57 Å². The van der Waals surface area contributed by atoms with E-state index in [1.165, 1.54) is 0 Å². The van der Waals surface area contributed by atoms with Crippen LogP contribution in [0.2, 0.25) is 0 Å². The van der Waals surface area contributed by atoms with Crippen LogP contribution in [0.15, 0.2) is 49.1 Å². The molecule has 0 radical (unpaired) electrons. The van der Waals surface area contributed by atoms with E-state index in [1.807, 2.05) is 58.9 Å². The van der Waals surface area contributed by atoms with Crippen molar-refractivity contribution in [1.29, 1.82) is 0 Å². The van der Waals surface area contributed by atoms with Crippen molar-refractivity contribution < 1.29 is 8.42 Å². The number of rotatable bonds is 4. The van der Waals surface area contributed by atoms with E-state index in [1.54, 1.807) is 6.33 Å². The van der Waals surface area contributed by atoms with E-state index in [0.29, 0.717) is 6.42 Å². The number of imidazole rings is 1. The van der Waals surface area contributed by atoms with Crippen LogP contribution in [0.5, 0.6) is 0 Å². The Morgan fingerprint density at radius 2 is 2.00 bits per heavy atom. The lowest BCUT2D eigenvalue weighted by atomic mass is 10.1. The molecular formula is C18H20N4O2S. The highest BCUT2D eigenvalue weighted by Crippen LogP contribution is 2.35. The zero-order valence-electron chi connectivity index (χ0n) is 14.0. The molecule has 0 amide bonds. The third-order valence-corrected chi connectivity index (χ3v) is 6.42. The number of aromatic nitrogens is 4. The van der Waals surface area contributed by atoms with Gasteiger partial charge in [-0.1, -0.05) is 30.3 Å². The topological polar surface area (TPSA) is 69.8 Å². The van der Waals surface area contributed by atoms with Crippen LogP contribution in [0.25, 0.3) is 22.5 Å². The highest BCUT2D eigenvalue weighted by Gasteiger charge is 2.31. The fourth-order valence-corrected chi connectivity index (χ4v) is 5.10. The average Bonchev–Trinajstić information content (AvgIpc) is 3.32. The Labute approximate surface area is 147 Å². The molecule has 25 heavy (non-hydrogen) atoms. The number of hydrogen-bond acceptors (Lipinski definition) is 4. The monoisotopic (exact) mass is 356 g/mol. The maximum atomic E-state index is 11.9. The Morgan fingerprint density at radius 1 is 1.20 bits per heavy atom. The van der Waals surface area contributed by atoms with E-state index in [4.69, 9.17) is 0 Å². The minimum atomic E-state index is -2.97. The number of benzene rings is 1. The second kappa shape index (κ2) is 6.15. The van der Waals surface area contributed by atoms with Crippen molar-refractivity contribution in [2.75, 3.05) is 11.5 Å². The first-order valence-corrected chi connectivity index (χ1v) is 10.2. The molecule has 1 aromatic carbocycles. The van der Waals surface area contributed by atoms with Crippen LogP contribution in [0.3, 0.4) is 0 Å². The van der Waals surface area contributed by atoms with Crippen LogP contribution < -0.4 is 0 Å². The predicted octanol–water partition coefficient (Wildman–Crippen LogP) is 2.79. The van der Waals surface area contributed by atoms with Crippen molar-refractivity contribution in [3.8, 4) is 22.5 Å². The Hall–Kier alpha value is -2.41. The Kier molecular flexibility index (Phi) is 3.95. The smallest absolute Gasteiger partial charge is 0.152 e. The van der Waals surface area contributed by atoms with Gasteiger partial charge in [0, 0.05) is 23.9 Å². The van der Waals surface area contributed by atoms with Crippen LogP contribution >= 0.6 is 0 Å². The summed E-state index contributed by atoms with van der Waals surface area (Å²) in [5, 5.41) is 4.38. The van der Waals surface area contributed by atoms with Crippen molar-refractivity contribution >= 4 is 9.84 Å². The van der Waals surface area contributed by atoms with Gasteiger partial charge in [-0.25, -0.2) is 13.4 Å². The highest BCUT2D eigenvalue weighted by molar-refractivity contribution is 7.91. The molecule has 2 aromatic heterocycles. The van der Waals surface area contributed by atoms with Crippen molar-refractivity contribution in [3.63, 3.8) is 0 Å². The first-order chi connectivity index (χ1) is 12.1. The molecule has 0 unspecified atom stereocenters. The third kappa shape index (κ3) is 3.00. The van der Waals surface area contributed by atoms with E-state index < -0.39 is 9.84 Å². The summed E-state index contributed by atoms with van der Waals surface area (Å²) in [4.78, 5) is 4.62. The Morgan fingerprint density at radius 3 is 2.64 bits per heavy atom. The largest absolute Gasteiger partial charge is 0.326 e. The second-order valence-corrected chi connectivity index (χ2v) is 8.59. The average molecular weight is 356 g/mol. The van der Waals surface area contributed by atoms with Crippen LogP contribution in [0, 0.1) is 0 Å². The molecule has 1 fully saturated rings. The lowest BCUT2D eigenvalue weighted by molar-refractivity contribution is 0.559. The molecule has 3 aromatic rings. The number of nitrogens with zero attached hydrogens (tertiary/aromatic N) is 4. The van der Waals surface area contributed by atoms with E-state index >= 15 is 0 Å². The minimum Gasteiger partial charge on any atom is -0.326 e. The maximum absolute atomic E-state index is 11.9. The molecular weight excluding hydrogens is 336 g/mol. The molecule has 6 nitrogen and oxygen atoms in total. The summed E-state index contributed by atoms with van der Waals surface area (Å²) < 4.78 is 27.8. The van der Waals surface area contributed by atoms with Crippen LogP contribution in [0.1, 0.15) is 19.4 Å². The molecule has 0 saturated carbocycles. The Bertz CT molecular complexity index is 989. The van der Waals surface area contributed by atoms with Gasteiger partial charge >= 0.3 is 0 Å². The highest BCUT2D eigenvalue weighted by atomic mass is 32.2. The molecule has 7 heteroatoms. The Balaban J connectivity index is 1.86. The predicted molar refractivity (Wildman–Crippen MR) is 96.9 cm³/mol. The molecule has 1 aliphatic rings. The zero-order chi connectivity index (χ0) is 17.4. The van der Waals surface area contributed by atoms with Crippen molar-refractivity contribution in [2.24, 2.45) is 0 Å². The van der Waals surface area contributed by atoms with Crippen LogP contribution in [-0.2, 0) is 16.4 Å². The first-order valence-electron chi connectivity index (χ1n) is 8.43. The van der Waals surface area contributed by atoms with Crippen molar-refractivity contribution in [3.05, 3.63) is 49.1 Å². The molecule has 0 N–H and O–H groups in total. The normalized spacial score (nSPS) is 19.3. The molecule has 4 rings (SSSR count). The fourth-order valence-electron chi connectivity index (χ4n) is 3.38. The minimum absolute atomic E-state index is 0.0741. The van der Waals surface area contributed by atoms with Gasteiger partial charge in [-0.3, -0.25) is 4.68 Å². The van der Waals surface area contributed by atoms with E-state index in [9.17, 15) is 8.42 Å². The maximum Gasteiger partial charge on any atom is 0.152 e. The molecule has 3 heterocycles. The summed E-state index contributed by atoms with van der Waals surface area (Å²) in [6, 6.07) is 9.90. The summed E-state index contributed by atoms with van der Waals surface area (Å²) >= 11 is 0. The van der Waals surface area contributed by atoms with Gasteiger partial charge in [0.05, 0.1) is 41.5 Å². The lowest BCUT2D eigenvalue weighted by Gasteiger charge is -2.14. The first kappa shape index (κ1) is 16.1. The van der Waals surface area contributed by atoms with Gasteiger partial charge in [0.2, 0.25) is 0 Å². The zero-order valence-corrected chi connectivity index (χ0v) is 14.9. The van der Waals surface area contributed by atoms with E-state index in [-0.39, 0.29) is 17.5 Å². The number of aryl methyl sites for hydroxylation is 1. The SMILES string of the molecule is CCn1cc(-c2c(-c3ccccc3)ncn2[C@@H]2CCS(=O)(=O)C2)cn1. The number of hydrogen-bond donors (Lipinski definition) is 0. The summed E-state index contributed by atoms with van der Waals surface area (Å²) in [6.07, 6.45) is 6.21. The summed E-state index contributed by atoms with van der Waals surface area (Å²) in [5.41, 5.74) is 3.78. The molecule has 0 aliphatic carbocycles. The fraction of sp³-hybridized carbons (Fsp3) is 0.333. The van der Waals surface area contributed by atoms with Gasteiger partial charge in [-0.15, -0.1) is 0 Å². The molecule has 0 bridgehead atoms. The lowest BCUT2D eigenvalue weighted by Crippen LogP contribution is -2.11. The van der Waals surface area contributed by atoms with Gasteiger partial charge in [-0.05, 0) is 13.3 Å². The van der Waals surface area contributed by atoms with Crippen molar-refractivity contribution in [1.82, 2.24) is 19.3 Å². The molecule has 1 aliphatic heterocycles. The third-order valence-electron chi connectivity index (χ3n) is 4.67. The number of sulfone groups is 1. The van der Waals surface area contributed by atoms with Gasteiger partial charge in [0.15, 0.2) is 9.84 Å². The van der Waals surface area contributed by atoms with Crippen LogP contribution in [0.4, 0.5) is 0 Å². The quantitative estimate of drug-likeness (QED) is 0.721.